The van der Waals surface area contributed by atoms with E-state index in [0.717, 1.165) is 32.4 Å². The van der Waals surface area contributed by atoms with Gasteiger partial charge in [-0.3, -0.25) is 0 Å². The van der Waals surface area contributed by atoms with Gasteiger partial charge >= 0.3 is 0 Å². The van der Waals surface area contributed by atoms with Gasteiger partial charge in [0.15, 0.2) is 5.79 Å². The smallest absolute Gasteiger partial charge is 0.183 e. The summed E-state index contributed by atoms with van der Waals surface area (Å²) in [5.74, 6) is -0.321. The van der Waals surface area contributed by atoms with E-state index in [2.05, 4.69) is 74.4 Å². The first-order valence-electron chi connectivity index (χ1n) is 19.3. The van der Waals surface area contributed by atoms with Crippen LogP contribution in [0.2, 0.25) is 0 Å². The summed E-state index contributed by atoms with van der Waals surface area (Å²) in [6.07, 6.45) is 51.2. The minimum absolute atomic E-state index is 0.297. The highest BCUT2D eigenvalue weighted by atomic mass is 16.8. The molecular weight excluding hydrogens is 538 g/mol. The average Bonchev–Trinajstić information content (AvgIpc) is 3.56. The lowest BCUT2D eigenvalue weighted by molar-refractivity contribution is -0.164. The third kappa shape index (κ3) is 19.4. The van der Waals surface area contributed by atoms with Crippen molar-refractivity contribution in [3.8, 4) is 0 Å². The van der Waals surface area contributed by atoms with Crippen LogP contribution in [0.4, 0.5) is 0 Å². The van der Waals surface area contributed by atoms with Crippen LogP contribution in [0.15, 0.2) is 48.6 Å². The molecule has 0 N–H and O–H groups in total. The van der Waals surface area contributed by atoms with E-state index in [-0.39, 0.29) is 5.79 Å². The van der Waals surface area contributed by atoms with Gasteiger partial charge < -0.3 is 14.4 Å². The SMILES string of the molecule is CCCCCC=CCC=CCCCCCCCC1OC2(CCN(C)C2)OC1CCCCCCCC=CCC=CCCCCC. The van der Waals surface area contributed by atoms with E-state index < -0.39 is 0 Å². The van der Waals surface area contributed by atoms with E-state index >= 15 is 0 Å². The molecule has 0 amide bonds. The van der Waals surface area contributed by atoms with Crippen molar-refractivity contribution in [2.24, 2.45) is 0 Å². The molecule has 3 heteroatoms. The van der Waals surface area contributed by atoms with Crippen LogP contribution in [-0.2, 0) is 9.47 Å². The zero-order valence-electron chi connectivity index (χ0n) is 29.6. The second kappa shape index (κ2) is 27.0. The number of nitrogens with zero attached hydrogens (tertiary/aromatic N) is 1. The highest BCUT2D eigenvalue weighted by Crippen LogP contribution is 2.39. The molecule has 2 rings (SSSR count). The van der Waals surface area contributed by atoms with Crippen molar-refractivity contribution in [1.82, 2.24) is 4.90 Å². The van der Waals surface area contributed by atoms with Crippen molar-refractivity contribution in [1.29, 1.82) is 0 Å². The van der Waals surface area contributed by atoms with Crippen molar-refractivity contribution in [3.63, 3.8) is 0 Å². The quantitative estimate of drug-likeness (QED) is 0.0649. The fraction of sp³-hybridized carbons (Fsp3) is 0.805. The first-order valence-corrected chi connectivity index (χ1v) is 19.3. The zero-order chi connectivity index (χ0) is 31.4. The van der Waals surface area contributed by atoms with Gasteiger partial charge in [0, 0.05) is 13.0 Å². The minimum atomic E-state index is -0.321. The molecule has 1 spiro atoms. The Labute approximate surface area is 275 Å². The van der Waals surface area contributed by atoms with Gasteiger partial charge in [0.1, 0.15) is 0 Å². The van der Waals surface area contributed by atoms with Crippen molar-refractivity contribution < 1.29 is 9.47 Å². The molecule has 0 saturated carbocycles. The lowest BCUT2D eigenvalue weighted by atomic mass is 9.99. The van der Waals surface area contributed by atoms with Gasteiger partial charge in [0.2, 0.25) is 0 Å². The van der Waals surface area contributed by atoms with E-state index in [1.54, 1.807) is 0 Å². The second-order valence-electron chi connectivity index (χ2n) is 13.7. The second-order valence-corrected chi connectivity index (χ2v) is 13.7. The van der Waals surface area contributed by atoms with E-state index in [4.69, 9.17) is 9.47 Å². The summed E-state index contributed by atoms with van der Waals surface area (Å²) >= 11 is 0. The maximum Gasteiger partial charge on any atom is 0.183 e. The van der Waals surface area contributed by atoms with Gasteiger partial charge in [-0.2, -0.15) is 0 Å². The fourth-order valence-corrected chi connectivity index (χ4v) is 6.66. The van der Waals surface area contributed by atoms with Crippen LogP contribution in [0.25, 0.3) is 0 Å². The third-order valence-electron chi connectivity index (χ3n) is 9.41. The maximum absolute atomic E-state index is 6.70. The number of rotatable bonds is 28. The number of unbranched alkanes of at least 4 members (excludes halogenated alkanes) is 16. The summed E-state index contributed by atoms with van der Waals surface area (Å²) < 4.78 is 13.4. The molecule has 2 atom stereocenters. The molecule has 0 bridgehead atoms. The molecule has 44 heavy (non-hydrogen) atoms. The van der Waals surface area contributed by atoms with E-state index in [9.17, 15) is 0 Å². The van der Waals surface area contributed by atoms with Gasteiger partial charge in [-0.25, -0.2) is 0 Å². The predicted molar refractivity (Wildman–Crippen MR) is 193 cm³/mol. The molecule has 0 aromatic rings. The maximum atomic E-state index is 6.70. The summed E-state index contributed by atoms with van der Waals surface area (Å²) in [5.41, 5.74) is 0. The average molecular weight is 612 g/mol. The highest BCUT2D eigenvalue weighted by Gasteiger charge is 2.49. The highest BCUT2D eigenvalue weighted by molar-refractivity contribution is 4.94. The topological polar surface area (TPSA) is 21.7 Å². The van der Waals surface area contributed by atoms with Gasteiger partial charge in [-0.05, 0) is 84.1 Å². The number of ether oxygens (including phenoxy) is 2. The van der Waals surface area contributed by atoms with Crippen molar-refractivity contribution >= 4 is 0 Å². The first kappa shape index (κ1) is 39.0. The molecule has 0 aliphatic carbocycles. The largest absolute Gasteiger partial charge is 0.343 e. The van der Waals surface area contributed by atoms with Gasteiger partial charge in [-0.15, -0.1) is 0 Å². The zero-order valence-corrected chi connectivity index (χ0v) is 29.6. The van der Waals surface area contributed by atoms with Gasteiger partial charge in [0.05, 0.1) is 18.8 Å². The summed E-state index contributed by atoms with van der Waals surface area (Å²) in [6, 6.07) is 0. The number of hydrogen-bond acceptors (Lipinski definition) is 3. The molecule has 0 radical (unpaired) electrons. The Hall–Kier alpha value is -1.16. The van der Waals surface area contributed by atoms with Crippen LogP contribution < -0.4 is 0 Å². The molecule has 2 heterocycles. The molecule has 2 aliphatic heterocycles. The molecule has 3 nitrogen and oxygen atoms in total. The lowest BCUT2D eigenvalue weighted by Gasteiger charge is -2.22. The number of allylic oxidation sites excluding steroid dienone is 8. The Morgan fingerprint density at radius 2 is 0.909 bits per heavy atom. The van der Waals surface area contributed by atoms with Crippen LogP contribution in [0.1, 0.15) is 174 Å². The Morgan fingerprint density at radius 3 is 1.30 bits per heavy atom. The van der Waals surface area contributed by atoms with Crippen LogP contribution in [-0.4, -0.2) is 43.0 Å². The summed E-state index contributed by atoms with van der Waals surface area (Å²) in [4.78, 5) is 2.37. The molecule has 2 saturated heterocycles. The monoisotopic (exact) mass is 612 g/mol. The number of hydrogen-bond donors (Lipinski definition) is 0. The first-order chi connectivity index (χ1) is 21.7. The molecule has 0 aromatic carbocycles. The fourth-order valence-electron chi connectivity index (χ4n) is 6.66. The van der Waals surface area contributed by atoms with Crippen molar-refractivity contribution in [3.05, 3.63) is 48.6 Å². The van der Waals surface area contributed by atoms with E-state index in [1.165, 1.54) is 141 Å². The Kier molecular flexibility index (Phi) is 23.9. The van der Waals surface area contributed by atoms with Crippen LogP contribution >= 0.6 is 0 Å². The molecule has 2 aliphatic rings. The van der Waals surface area contributed by atoms with Crippen LogP contribution in [0, 0.1) is 0 Å². The van der Waals surface area contributed by atoms with Gasteiger partial charge in [0.25, 0.3) is 0 Å². The Bertz CT molecular complexity index is 715. The molecule has 0 aromatic heterocycles. The molecule has 2 unspecified atom stereocenters. The summed E-state index contributed by atoms with van der Waals surface area (Å²) in [7, 11) is 2.20. The normalized spacial score (nSPS) is 22.9. The van der Waals surface area contributed by atoms with E-state index in [0.29, 0.717) is 12.2 Å². The number of likely N-dealkylation sites (tertiary alicyclic amines) is 1. The minimum Gasteiger partial charge on any atom is -0.343 e. The third-order valence-corrected chi connectivity index (χ3v) is 9.41. The van der Waals surface area contributed by atoms with Crippen LogP contribution in [0.5, 0.6) is 0 Å². The van der Waals surface area contributed by atoms with Crippen molar-refractivity contribution in [2.75, 3.05) is 20.1 Å². The van der Waals surface area contributed by atoms with E-state index in [1.807, 2.05) is 0 Å². The number of likely N-dealkylation sites (N-methyl/N-ethyl adjacent to an activating group) is 1. The summed E-state index contributed by atoms with van der Waals surface area (Å²) in [6.45, 7) is 6.56. The Morgan fingerprint density at radius 1 is 0.523 bits per heavy atom. The molecule has 254 valence electrons. The Balaban J connectivity index is 1.51. The van der Waals surface area contributed by atoms with Gasteiger partial charge in [-0.1, -0.05) is 140 Å². The standard InChI is InChI=1S/C41H73NO2/c1-4-6-8-10-12-14-16-18-20-22-24-26-28-30-32-34-39-40(44-41(43-39)36-37-42(3)38-41)35-33-31-29-27-25-23-21-19-17-15-13-11-9-7-5-2/h12-15,18-21,39-40H,4-11,16-17,22-38H2,1-3H3. The van der Waals surface area contributed by atoms with Crippen LogP contribution in [0.3, 0.4) is 0 Å². The molecular formula is C41H73NO2. The molecule has 2 fully saturated rings. The summed E-state index contributed by atoms with van der Waals surface area (Å²) in [5, 5.41) is 0. The lowest BCUT2D eigenvalue weighted by Crippen LogP contribution is -2.34. The van der Waals surface area contributed by atoms with Crippen molar-refractivity contribution in [2.45, 2.75) is 192 Å². The predicted octanol–water partition coefficient (Wildman–Crippen LogP) is 12.4.